The SMILES string of the molecule is CC.Cc1ncn2c(C(F)(F)F)cc(F)cc12. The van der Waals surface area contributed by atoms with Crippen LogP contribution in [0.15, 0.2) is 18.5 Å². The summed E-state index contributed by atoms with van der Waals surface area (Å²) in [7, 11) is 0. The molecule has 0 N–H and O–H groups in total. The number of aryl methyl sites for hydroxylation is 1. The zero-order chi connectivity index (χ0) is 13.2. The van der Waals surface area contributed by atoms with Crippen LogP contribution in [0.25, 0.3) is 5.52 Å². The van der Waals surface area contributed by atoms with E-state index >= 15 is 0 Å². The summed E-state index contributed by atoms with van der Waals surface area (Å²) >= 11 is 0. The van der Waals surface area contributed by atoms with Gasteiger partial charge in [0.25, 0.3) is 0 Å². The number of alkyl halides is 3. The molecule has 94 valence electrons. The number of hydrogen-bond donors (Lipinski definition) is 0. The van der Waals surface area contributed by atoms with E-state index in [0.717, 1.165) is 16.8 Å². The highest BCUT2D eigenvalue weighted by molar-refractivity contribution is 5.53. The summed E-state index contributed by atoms with van der Waals surface area (Å²) in [6.07, 6.45) is -3.56. The van der Waals surface area contributed by atoms with Crippen molar-refractivity contribution in [3.63, 3.8) is 0 Å². The lowest BCUT2D eigenvalue weighted by Crippen LogP contribution is -2.11. The molecule has 17 heavy (non-hydrogen) atoms. The summed E-state index contributed by atoms with van der Waals surface area (Å²) in [5, 5.41) is 0. The van der Waals surface area contributed by atoms with E-state index in [1.54, 1.807) is 0 Å². The first-order valence-corrected chi connectivity index (χ1v) is 5.10. The lowest BCUT2D eigenvalue weighted by Gasteiger charge is -2.09. The molecule has 0 aliphatic heterocycles. The summed E-state index contributed by atoms with van der Waals surface area (Å²) in [6.45, 7) is 5.52. The molecule has 0 aliphatic rings. The van der Waals surface area contributed by atoms with Gasteiger partial charge < -0.3 is 0 Å². The highest BCUT2D eigenvalue weighted by atomic mass is 19.4. The van der Waals surface area contributed by atoms with Crippen molar-refractivity contribution in [2.45, 2.75) is 26.9 Å². The Hall–Kier alpha value is -1.59. The first-order chi connectivity index (χ1) is 7.89. The van der Waals surface area contributed by atoms with Crippen LogP contribution in [0.4, 0.5) is 17.6 Å². The number of imidazole rings is 1. The second-order valence-corrected chi connectivity index (χ2v) is 3.14. The minimum Gasteiger partial charge on any atom is -0.294 e. The van der Waals surface area contributed by atoms with Gasteiger partial charge in [-0.1, -0.05) is 13.8 Å². The normalized spacial score (nSPS) is 11.2. The predicted molar refractivity (Wildman–Crippen MR) is 56.2 cm³/mol. The molecule has 2 heterocycles. The van der Waals surface area contributed by atoms with E-state index < -0.39 is 17.7 Å². The Morgan fingerprint density at radius 1 is 1.18 bits per heavy atom. The van der Waals surface area contributed by atoms with E-state index in [9.17, 15) is 17.6 Å². The second-order valence-electron chi connectivity index (χ2n) is 3.14. The van der Waals surface area contributed by atoms with Crippen LogP contribution in [0, 0.1) is 12.7 Å². The molecule has 0 atom stereocenters. The fourth-order valence-electron chi connectivity index (χ4n) is 1.40. The van der Waals surface area contributed by atoms with Gasteiger partial charge in [-0.15, -0.1) is 0 Å². The van der Waals surface area contributed by atoms with Gasteiger partial charge in [-0.3, -0.25) is 4.40 Å². The molecule has 0 aromatic carbocycles. The standard InChI is InChI=1S/C9H6F4N2.C2H6/c1-5-7-2-6(10)3-8(9(11,12)13)15(7)4-14-5;1-2/h2-4H,1H3;1-2H3. The Morgan fingerprint density at radius 2 is 1.76 bits per heavy atom. The molecule has 0 saturated heterocycles. The fourth-order valence-corrected chi connectivity index (χ4v) is 1.40. The van der Waals surface area contributed by atoms with E-state index in [1.165, 1.54) is 6.92 Å². The van der Waals surface area contributed by atoms with Crippen molar-refractivity contribution in [2.24, 2.45) is 0 Å². The molecule has 0 spiro atoms. The van der Waals surface area contributed by atoms with E-state index in [4.69, 9.17) is 0 Å². The van der Waals surface area contributed by atoms with E-state index in [1.807, 2.05) is 13.8 Å². The second kappa shape index (κ2) is 4.73. The first-order valence-electron chi connectivity index (χ1n) is 5.10. The summed E-state index contributed by atoms with van der Waals surface area (Å²) < 4.78 is 51.3. The molecular formula is C11H12F4N2. The quantitative estimate of drug-likeness (QED) is 0.648. The maximum atomic E-state index is 12.9. The Bertz CT molecular complexity index is 514. The van der Waals surface area contributed by atoms with Crippen molar-refractivity contribution < 1.29 is 17.6 Å². The van der Waals surface area contributed by atoms with Crippen molar-refractivity contribution in [3.05, 3.63) is 35.7 Å². The van der Waals surface area contributed by atoms with E-state index in [0.29, 0.717) is 11.8 Å². The molecule has 6 heteroatoms. The van der Waals surface area contributed by atoms with Gasteiger partial charge in [-0.25, -0.2) is 9.37 Å². The Labute approximate surface area is 95.9 Å². The van der Waals surface area contributed by atoms with Gasteiger partial charge in [0.15, 0.2) is 0 Å². The molecule has 2 aromatic rings. The zero-order valence-corrected chi connectivity index (χ0v) is 9.64. The van der Waals surface area contributed by atoms with Crippen LogP contribution in [0.3, 0.4) is 0 Å². The van der Waals surface area contributed by atoms with Crippen LogP contribution in [0.5, 0.6) is 0 Å². The van der Waals surface area contributed by atoms with Gasteiger partial charge in [0.05, 0.1) is 11.2 Å². The Balaban J connectivity index is 0.000000686. The van der Waals surface area contributed by atoms with Crippen LogP contribution < -0.4 is 0 Å². The minimum absolute atomic E-state index is 0.127. The molecule has 2 nitrogen and oxygen atoms in total. The Morgan fingerprint density at radius 3 is 2.29 bits per heavy atom. The first kappa shape index (κ1) is 13.5. The Kier molecular flexibility index (Phi) is 3.75. The van der Waals surface area contributed by atoms with Gasteiger partial charge in [0, 0.05) is 6.07 Å². The average Bonchev–Trinajstić information content (AvgIpc) is 2.61. The third kappa shape index (κ3) is 2.57. The van der Waals surface area contributed by atoms with Crippen molar-refractivity contribution in [1.29, 1.82) is 0 Å². The number of aromatic nitrogens is 2. The van der Waals surface area contributed by atoms with Crippen molar-refractivity contribution in [3.8, 4) is 0 Å². The van der Waals surface area contributed by atoms with Gasteiger partial charge in [-0.05, 0) is 13.0 Å². The maximum absolute atomic E-state index is 12.9. The van der Waals surface area contributed by atoms with Crippen LogP contribution in [-0.2, 0) is 6.18 Å². The fraction of sp³-hybridized carbons (Fsp3) is 0.364. The van der Waals surface area contributed by atoms with Crippen molar-refractivity contribution in [2.75, 3.05) is 0 Å². The lowest BCUT2D eigenvalue weighted by atomic mass is 10.3. The molecule has 0 amide bonds. The molecular weight excluding hydrogens is 236 g/mol. The van der Waals surface area contributed by atoms with Crippen LogP contribution >= 0.6 is 0 Å². The molecule has 0 fully saturated rings. The molecule has 0 unspecified atom stereocenters. The largest absolute Gasteiger partial charge is 0.431 e. The van der Waals surface area contributed by atoms with E-state index in [2.05, 4.69) is 4.98 Å². The van der Waals surface area contributed by atoms with Crippen molar-refractivity contribution >= 4 is 5.52 Å². The summed E-state index contributed by atoms with van der Waals surface area (Å²) in [5.41, 5.74) is -0.569. The van der Waals surface area contributed by atoms with Crippen LogP contribution in [0.2, 0.25) is 0 Å². The molecule has 0 aliphatic carbocycles. The number of hydrogen-bond acceptors (Lipinski definition) is 1. The third-order valence-electron chi connectivity index (χ3n) is 2.10. The summed E-state index contributed by atoms with van der Waals surface area (Å²) in [5.74, 6) is -0.918. The highest BCUT2D eigenvalue weighted by Gasteiger charge is 2.34. The molecule has 2 aromatic heterocycles. The topological polar surface area (TPSA) is 17.3 Å². The number of halogens is 4. The lowest BCUT2D eigenvalue weighted by molar-refractivity contribution is -0.142. The van der Waals surface area contributed by atoms with Gasteiger partial charge in [0.2, 0.25) is 0 Å². The zero-order valence-electron chi connectivity index (χ0n) is 9.64. The minimum atomic E-state index is -4.59. The summed E-state index contributed by atoms with van der Waals surface area (Å²) in [4.78, 5) is 3.71. The smallest absolute Gasteiger partial charge is 0.294 e. The molecule has 0 radical (unpaired) electrons. The molecule has 2 rings (SSSR count). The maximum Gasteiger partial charge on any atom is 0.431 e. The van der Waals surface area contributed by atoms with E-state index in [-0.39, 0.29) is 5.52 Å². The van der Waals surface area contributed by atoms with Gasteiger partial charge in [0.1, 0.15) is 17.8 Å². The van der Waals surface area contributed by atoms with Gasteiger partial charge >= 0.3 is 6.18 Å². The molecule has 0 saturated carbocycles. The number of rotatable bonds is 0. The predicted octanol–water partition coefficient (Wildman–Crippen LogP) is 3.83. The van der Waals surface area contributed by atoms with Gasteiger partial charge in [-0.2, -0.15) is 13.2 Å². The molecule has 0 bridgehead atoms. The number of fused-ring (bicyclic) bond motifs is 1. The van der Waals surface area contributed by atoms with Crippen molar-refractivity contribution in [1.82, 2.24) is 9.38 Å². The van der Waals surface area contributed by atoms with Crippen LogP contribution in [-0.4, -0.2) is 9.38 Å². The monoisotopic (exact) mass is 248 g/mol. The third-order valence-corrected chi connectivity index (χ3v) is 2.10. The average molecular weight is 248 g/mol. The van der Waals surface area contributed by atoms with Crippen LogP contribution in [0.1, 0.15) is 25.2 Å². The summed E-state index contributed by atoms with van der Waals surface area (Å²) in [6, 6.07) is 1.48. The number of pyridine rings is 1. The number of nitrogens with zero attached hydrogens (tertiary/aromatic N) is 2. The highest BCUT2D eigenvalue weighted by Crippen LogP contribution is 2.30.